The molecule has 1 unspecified atom stereocenters. The highest BCUT2D eigenvalue weighted by atomic mass is 16.5. The Morgan fingerprint density at radius 3 is 2.62 bits per heavy atom. The van der Waals surface area contributed by atoms with Crippen molar-refractivity contribution in [1.82, 2.24) is 5.32 Å². The van der Waals surface area contributed by atoms with Crippen LogP contribution in [0.2, 0.25) is 0 Å². The van der Waals surface area contributed by atoms with Crippen molar-refractivity contribution in [1.29, 1.82) is 0 Å². The first-order valence-corrected chi connectivity index (χ1v) is 7.73. The van der Waals surface area contributed by atoms with Gasteiger partial charge in [-0.05, 0) is 69.7 Å². The Morgan fingerprint density at radius 1 is 1.33 bits per heavy atom. The summed E-state index contributed by atoms with van der Waals surface area (Å²) in [4.78, 5) is 11.7. The number of fused-ring (bicyclic) bond motifs is 1. The van der Waals surface area contributed by atoms with Gasteiger partial charge in [-0.15, -0.1) is 0 Å². The monoisotopic (exact) mass is 290 g/mol. The van der Waals surface area contributed by atoms with E-state index in [9.17, 15) is 4.79 Å². The van der Waals surface area contributed by atoms with Crippen LogP contribution >= 0.6 is 0 Å². The normalized spacial score (nSPS) is 17.1. The van der Waals surface area contributed by atoms with E-state index in [-0.39, 0.29) is 12.6 Å². The van der Waals surface area contributed by atoms with E-state index in [2.05, 4.69) is 17.4 Å². The lowest BCUT2D eigenvalue weighted by Gasteiger charge is -2.29. The second-order valence-corrected chi connectivity index (χ2v) is 6.42. The van der Waals surface area contributed by atoms with E-state index in [1.165, 1.54) is 24.0 Å². The van der Waals surface area contributed by atoms with Crippen molar-refractivity contribution in [2.75, 3.05) is 6.61 Å². The van der Waals surface area contributed by atoms with Crippen LogP contribution in [-0.4, -0.2) is 24.1 Å². The molecule has 0 bridgehead atoms. The minimum absolute atomic E-state index is 0.162. The fourth-order valence-electron chi connectivity index (χ4n) is 2.85. The zero-order valence-corrected chi connectivity index (χ0v) is 13.2. The van der Waals surface area contributed by atoms with Gasteiger partial charge in [0.1, 0.15) is 17.9 Å². The summed E-state index contributed by atoms with van der Waals surface area (Å²) in [5.41, 5.74) is 7.45. The maximum absolute atomic E-state index is 11.7. The lowest BCUT2D eigenvalue weighted by Crippen LogP contribution is -2.59. The van der Waals surface area contributed by atoms with Crippen molar-refractivity contribution < 1.29 is 9.53 Å². The third kappa shape index (κ3) is 3.97. The largest absolute Gasteiger partial charge is 0.491 e. The molecule has 0 radical (unpaired) electrons. The highest BCUT2D eigenvalue weighted by molar-refractivity contribution is 5.84. The number of rotatable bonds is 6. The average molecular weight is 290 g/mol. The van der Waals surface area contributed by atoms with Crippen LogP contribution in [0.25, 0.3) is 0 Å². The Hall–Kier alpha value is -1.55. The molecule has 0 heterocycles. The second-order valence-electron chi connectivity index (χ2n) is 6.42. The molecule has 1 atom stereocenters. The number of nitrogens with one attached hydrogen (secondary N) is 1. The predicted molar refractivity (Wildman–Crippen MR) is 84.5 cm³/mol. The maximum atomic E-state index is 11.7. The summed E-state index contributed by atoms with van der Waals surface area (Å²) >= 11 is 0. The average Bonchev–Trinajstić information content (AvgIpc) is 2.44. The van der Waals surface area contributed by atoms with Crippen LogP contribution in [-0.2, 0) is 17.6 Å². The van der Waals surface area contributed by atoms with Gasteiger partial charge in [0, 0.05) is 6.04 Å². The molecule has 1 aliphatic rings. The van der Waals surface area contributed by atoms with Gasteiger partial charge in [-0.1, -0.05) is 6.07 Å². The van der Waals surface area contributed by atoms with E-state index in [4.69, 9.17) is 10.5 Å². The summed E-state index contributed by atoms with van der Waals surface area (Å²) in [7, 11) is 0. The summed E-state index contributed by atoms with van der Waals surface area (Å²) in [6, 6.07) is 6.39. The first-order valence-electron chi connectivity index (χ1n) is 7.73. The predicted octanol–water partition coefficient (Wildman–Crippen LogP) is 2.19. The fraction of sp³-hybridized carbons (Fsp3) is 0.588. The summed E-state index contributed by atoms with van der Waals surface area (Å²) in [5.74, 6) is 0.419. The number of amides is 1. The summed E-state index contributed by atoms with van der Waals surface area (Å²) in [6.07, 6.45) is 4.78. The summed E-state index contributed by atoms with van der Waals surface area (Å²) < 4.78 is 5.84. The molecule has 0 aliphatic heterocycles. The number of nitrogens with two attached hydrogens (primary N) is 1. The van der Waals surface area contributed by atoms with Crippen molar-refractivity contribution in [3.05, 3.63) is 29.3 Å². The van der Waals surface area contributed by atoms with Gasteiger partial charge in [0.05, 0.1) is 0 Å². The molecule has 1 aromatic rings. The molecule has 3 N–H and O–H groups in total. The maximum Gasteiger partial charge on any atom is 0.240 e. The van der Waals surface area contributed by atoms with Crippen molar-refractivity contribution in [2.45, 2.75) is 58.0 Å². The van der Waals surface area contributed by atoms with Gasteiger partial charge in [0.25, 0.3) is 0 Å². The number of carbonyl (C=O) groups is 1. The van der Waals surface area contributed by atoms with E-state index in [0.717, 1.165) is 18.6 Å². The highest BCUT2D eigenvalue weighted by Crippen LogP contribution is 2.25. The van der Waals surface area contributed by atoms with E-state index < -0.39 is 11.4 Å². The van der Waals surface area contributed by atoms with Gasteiger partial charge in [-0.3, -0.25) is 10.1 Å². The zero-order valence-electron chi connectivity index (χ0n) is 13.2. The molecule has 1 aliphatic carbocycles. The van der Waals surface area contributed by atoms with Crippen molar-refractivity contribution in [2.24, 2.45) is 5.73 Å². The Morgan fingerprint density at radius 2 is 2.00 bits per heavy atom. The number of ether oxygens (including phenoxy) is 1. The minimum atomic E-state index is -0.857. The lowest BCUT2D eigenvalue weighted by atomic mass is 9.92. The summed E-state index contributed by atoms with van der Waals surface area (Å²) in [5, 5.41) is 3.19. The molecule has 0 spiro atoms. The molecule has 1 aromatic carbocycles. The second kappa shape index (κ2) is 6.48. The zero-order chi connectivity index (χ0) is 15.5. The molecule has 21 heavy (non-hydrogen) atoms. The molecule has 2 rings (SSSR count). The Kier molecular flexibility index (Phi) is 4.88. The van der Waals surface area contributed by atoms with Gasteiger partial charge in [0.2, 0.25) is 5.91 Å². The van der Waals surface area contributed by atoms with Crippen molar-refractivity contribution in [3.63, 3.8) is 0 Å². The number of benzene rings is 1. The molecule has 0 saturated carbocycles. The molecule has 0 fully saturated rings. The first kappa shape index (κ1) is 15.8. The third-order valence-corrected chi connectivity index (χ3v) is 4.00. The Bertz CT molecular complexity index is 514. The van der Waals surface area contributed by atoms with Gasteiger partial charge in [-0.2, -0.15) is 0 Å². The Labute approximate surface area is 127 Å². The van der Waals surface area contributed by atoms with Crippen LogP contribution in [0.1, 0.15) is 44.7 Å². The third-order valence-electron chi connectivity index (χ3n) is 4.00. The molecular formula is C17H26N2O2. The molecule has 116 valence electrons. The molecule has 4 nitrogen and oxygen atoms in total. The molecule has 1 amide bonds. The number of hydrogen-bond donors (Lipinski definition) is 2. The van der Waals surface area contributed by atoms with E-state index in [1.54, 1.807) is 6.92 Å². The number of primary amides is 1. The molecule has 0 saturated heterocycles. The molecule has 4 heteroatoms. The van der Waals surface area contributed by atoms with Crippen molar-refractivity contribution in [3.8, 4) is 5.75 Å². The van der Waals surface area contributed by atoms with Crippen LogP contribution in [0.15, 0.2) is 18.2 Å². The fourth-order valence-corrected chi connectivity index (χ4v) is 2.85. The van der Waals surface area contributed by atoms with Crippen molar-refractivity contribution >= 4 is 5.91 Å². The van der Waals surface area contributed by atoms with Gasteiger partial charge in [0.15, 0.2) is 0 Å². The SMILES string of the molecule is CC(C)NC(C)(COc1ccc2c(c1)CCCC2)C(N)=O. The van der Waals surface area contributed by atoms with Crippen LogP contribution < -0.4 is 15.8 Å². The number of hydrogen-bond acceptors (Lipinski definition) is 3. The minimum Gasteiger partial charge on any atom is -0.491 e. The van der Waals surface area contributed by atoms with Gasteiger partial charge in [-0.25, -0.2) is 0 Å². The summed E-state index contributed by atoms with van der Waals surface area (Å²) in [6.45, 7) is 5.99. The quantitative estimate of drug-likeness (QED) is 0.844. The van der Waals surface area contributed by atoms with Crippen LogP contribution in [0, 0.1) is 0 Å². The Balaban J connectivity index is 2.05. The number of aryl methyl sites for hydroxylation is 2. The van der Waals surface area contributed by atoms with Crippen LogP contribution in [0.3, 0.4) is 0 Å². The van der Waals surface area contributed by atoms with E-state index >= 15 is 0 Å². The van der Waals surface area contributed by atoms with E-state index in [1.807, 2.05) is 19.9 Å². The van der Waals surface area contributed by atoms with Crippen LogP contribution in [0.4, 0.5) is 0 Å². The van der Waals surface area contributed by atoms with Gasteiger partial charge < -0.3 is 10.5 Å². The van der Waals surface area contributed by atoms with Gasteiger partial charge >= 0.3 is 0 Å². The first-order chi connectivity index (χ1) is 9.90. The topological polar surface area (TPSA) is 64.3 Å². The lowest BCUT2D eigenvalue weighted by molar-refractivity contribution is -0.125. The molecule has 0 aromatic heterocycles. The smallest absolute Gasteiger partial charge is 0.240 e. The highest BCUT2D eigenvalue weighted by Gasteiger charge is 2.32. The number of carbonyl (C=O) groups excluding carboxylic acids is 1. The van der Waals surface area contributed by atoms with E-state index in [0.29, 0.717) is 0 Å². The van der Waals surface area contributed by atoms with Crippen LogP contribution in [0.5, 0.6) is 5.75 Å². The standard InChI is InChI=1S/C17H26N2O2/c1-12(2)19-17(3,16(18)20)11-21-15-9-8-13-6-4-5-7-14(13)10-15/h8-10,12,19H,4-7,11H2,1-3H3,(H2,18,20). The molecular weight excluding hydrogens is 264 g/mol.